The smallest absolute Gasteiger partial charge is 0.0654 e. The summed E-state index contributed by atoms with van der Waals surface area (Å²) in [6, 6.07) is 0. The van der Waals surface area contributed by atoms with Crippen LogP contribution in [0.15, 0.2) is 0 Å². The molecule has 0 aromatic rings. The Morgan fingerprint density at radius 3 is 0.416 bits per heavy atom. The van der Waals surface area contributed by atoms with Gasteiger partial charge in [-0.3, -0.25) is 0 Å². The summed E-state index contributed by atoms with van der Waals surface area (Å²) < 4.78 is 22.5. The fourth-order valence-corrected chi connectivity index (χ4v) is 19.8. The summed E-state index contributed by atoms with van der Waals surface area (Å²) in [6.07, 6.45) is 40.5. The predicted molar refractivity (Wildman–Crippen MR) is 445 cm³/mol. The molecule has 0 saturated carbocycles. The molecule has 113 heavy (non-hydrogen) atoms. The van der Waals surface area contributed by atoms with Crippen molar-refractivity contribution in [3.05, 3.63) is 0 Å². The summed E-state index contributed by atoms with van der Waals surface area (Å²) in [7, 11) is 0. The second-order valence-electron chi connectivity index (χ2n) is 32.5. The minimum atomic E-state index is -8.58. The van der Waals surface area contributed by atoms with Gasteiger partial charge in [-0.15, -0.1) is 0 Å². The first-order valence-corrected chi connectivity index (χ1v) is 50.1. The van der Waals surface area contributed by atoms with E-state index in [2.05, 4.69) is 55.4 Å². The zero-order valence-corrected chi connectivity index (χ0v) is 75.7. The Kier molecular flexibility index (Phi) is 64.5. The number of hydrogen-bond acceptors (Lipinski definition) is 20. The van der Waals surface area contributed by atoms with Gasteiger partial charge >= 0.3 is 586 Å². The van der Waals surface area contributed by atoms with Gasteiger partial charge in [0.05, 0.1) is 0 Å². The van der Waals surface area contributed by atoms with Crippen LogP contribution in [0, 0.1) is 47.3 Å². The standard InChI is InChI=1S/4C23H40O5.Sn/c4*1-4-6-8-10-12-14-16-19(17-15-13-11-9-7-5-2)21(25)20(18(3)24)22(26)23(27)28;/h4*19-20H,4-17H2,1-3H3,(H,27,28);/q;;;;+4/p-4. The van der Waals surface area contributed by atoms with Gasteiger partial charge < -0.3 is 0 Å². The van der Waals surface area contributed by atoms with Crippen molar-refractivity contribution < 1.29 is 89.0 Å². The number of rotatable bonds is 80. The van der Waals surface area contributed by atoms with Crippen molar-refractivity contribution in [1.29, 1.82) is 0 Å². The molecule has 0 amide bonds. The first-order valence-electron chi connectivity index (χ1n) is 45.4. The van der Waals surface area contributed by atoms with Gasteiger partial charge in [-0.2, -0.15) is 0 Å². The number of unbranched alkanes of at least 4 members (excludes halogenated alkanes) is 40. The molecule has 0 spiro atoms. The molecule has 0 heterocycles. The zero-order valence-electron chi connectivity index (χ0n) is 72.9. The Bertz CT molecular complexity index is 2390. The first-order chi connectivity index (χ1) is 54.2. The summed E-state index contributed by atoms with van der Waals surface area (Å²) in [4.78, 5) is 238. The van der Waals surface area contributed by atoms with Gasteiger partial charge in [-0.25, -0.2) is 0 Å². The van der Waals surface area contributed by atoms with E-state index < -0.39 is 161 Å². The van der Waals surface area contributed by atoms with Gasteiger partial charge in [0.25, 0.3) is 0 Å². The molecule has 0 fully saturated rings. The monoisotopic (exact) mass is 1700 g/mol. The molecule has 0 aliphatic rings. The van der Waals surface area contributed by atoms with Crippen molar-refractivity contribution in [2.24, 2.45) is 47.3 Å². The van der Waals surface area contributed by atoms with Crippen LogP contribution in [0.1, 0.15) is 443 Å². The van der Waals surface area contributed by atoms with Crippen LogP contribution in [-0.2, 0) is 89.0 Å². The van der Waals surface area contributed by atoms with Crippen LogP contribution in [0.25, 0.3) is 0 Å². The number of ketones is 12. The van der Waals surface area contributed by atoms with E-state index in [4.69, 9.17) is 12.3 Å². The summed E-state index contributed by atoms with van der Waals surface area (Å²) in [5.41, 5.74) is 0. The summed E-state index contributed by atoms with van der Waals surface area (Å²) in [5, 5.41) is 0. The van der Waals surface area contributed by atoms with Crippen molar-refractivity contribution in [2.45, 2.75) is 443 Å². The van der Waals surface area contributed by atoms with E-state index >= 15 is 57.5 Å². The van der Waals surface area contributed by atoms with E-state index in [1.807, 2.05) is 0 Å². The van der Waals surface area contributed by atoms with Crippen molar-refractivity contribution in [1.82, 2.24) is 0 Å². The molecule has 0 N–H and O–H groups in total. The first kappa shape index (κ1) is 108. The van der Waals surface area contributed by atoms with Crippen LogP contribution in [0.3, 0.4) is 0 Å². The number of carbonyl (C=O) groups excluding carboxylic acids is 16. The van der Waals surface area contributed by atoms with Crippen LogP contribution in [0.2, 0.25) is 0 Å². The number of carbonyl (C=O) groups is 16. The molecule has 20 nitrogen and oxygen atoms in total. The van der Waals surface area contributed by atoms with E-state index in [-0.39, 0.29) is 51.4 Å². The Hall–Kier alpha value is -5.28. The molecule has 0 aliphatic carbocycles. The van der Waals surface area contributed by atoms with Gasteiger partial charge in [0.15, 0.2) is 0 Å². The molecule has 21 heteroatoms. The van der Waals surface area contributed by atoms with Crippen molar-refractivity contribution in [2.75, 3.05) is 0 Å². The molecule has 0 rings (SSSR count). The molecule has 4 unspecified atom stereocenters. The van der Waals surface area contributed by atoms with Crippen molar-refractivity contribution in [3.8, 4) is 0 Å². The van der Waals surface area contributed by atoms with Crippen molar-refractivity contribution in [3.63, 3.8) is 0 Å². The van der Waals surface area contributed by atoms with Gasteiger partial charge in [-0.1, -0.05) is 107 Å². The normalized spacial score (nSPS) is 13.1. The topological polar surface area (TPSA) is 310 Å². The molecule has 0 aliphatic heterocycles. The van der Waals surface area contributed by atoms with E-state index in [1.165, 1.54) is 0 Å². The van der Waals surface area contributed by atoms with E-state index in [0.717, 1.165) is 233 Å². The van der Waals surface area contributed by atoms with E-state index in [0.29, 0.717) is 103 Å². The molecule has 0 aromatic heterocycles. The second kappa shape index (κ2) is 67.7. The maximum atomic E-state index is 15.2. The minimum Gasteiger partial charge on any atom is -0.0654 e. The van der Waals surface area contributed by atoms with Crippen molar-refractivity contribution >= 4 is 113 Å². The quantitative estimate of drug-likeness (QED) is 0.0236. The molecule has 648 valence electrons. The fourth-order valence-electron chi connectivity index (χ4n) is 15.3. The SMILES string of the molecule is CCCCCCCCC(CCCCCCCC)C(=O)C(C(C)=O)C(=O)C(=O)[O][Sn]([O]C(=O)C(=O)C(C(C)=O)C(=O)C(CCCCCCCC)CCCCCCCC)([O]C(=O)C(=O)C(C(C)=O)C(=O)C(CCCCCCCC)CCCCCCCC)[O]C(=O)C(=O)C(C(C)=O)C(=O)C(CCCCCCCC)CCCCCCCC. The van der Waals surface area contributed by atoms with Crippen LogP contribution in [0.5, 0.6) is 0 Å². The minimum absolute atomic E-state index is 0.187. The third kappa shape index (κ3) is 46.5. The third-order valence-corrected chi connectivity index (χ3v) is 27.3. The molecule has 0 saturated heterocycles. The summed E-state index contributed by atoms with van der Waals surface area (Å²) >= 11 is -8.58. The Balaban J connectivity index is 9.28. The second-order valence-corrected chi connectivity index (χ2v) is 37.7. The zero-order chi connectivity index (χ0) is 84.8. The van der Waals surface area contributed by atoms with Gasteiger partial charge in [0, 0.05) is 0 Å². The van der Waals surface area contributed by atoms with Crippen LogP contribution >= 0.6 is 0 Å². The third-order valence-electron chi connectivity index (χ3n) is 22.3. The van der Waals surface area contributed by atoms with Crippen LogP contribution in [-0.4, -0.2) is 113 Å². The maximum absolute atomic E-state index is 15.2. The Morgan fingerprint density at radius 1 is 0.186 bits per heavy atom. The molecule has 4 atom stereocenters. The predicted octanol–water partition coefficient (Wildman–Crippen LogP) is 21.4. The van der Waals surface area contributed by atoms with Gasteiger partial charge in [0.1, 0.15) is 0 Å². The van der Waals surface area contributed by atoms with Crippen LogP contribution in [0.4, 0.5) is 0 Å². The average molecular weight is 1700 g/mol. The Morgan fingerprint density at radius 2 is 0.301 bits per heavy atom. The van der Waals surface area contributed by atoms with E-state index in [9.17, 15) is 19.2 Å². The van der Waals surface area contributed by atoms with Crippen LogP contribution < -0.4 is 0 Å². The summed E-state index contributed by atoms with van der Waals surface area (Å²) in [5.74, 6) is -40.3. The average Bonchev–Trinajstić information content (AvgIpc) is 0.780. The fraction of sp³-hybridized carbons (Fsp3) is 0.826. The molecular weight excluding hydrogens is 1540 g/mol. The molecular formula is C92H156O20Sn. The molecule has 0 radical (unpaired) electrons. The number of Topliss-reactive ketones (excluding diaryl/α,β-unsaturated/α-hetero) is 12. The molecule has 0 aromatic carbocycles. The molecule has 0 bridgehead atoms. The van der Waals surface area contributed by atoms with Gasteiger partial charge in [0.2, 0.25) is 0 Å². The number of hydrogen-bond donors (Lipinski definition) is 0. The van der Waals surface area contributed by atoms with E-state index in [1.54, 1.807) is 0 Å². The Labute approximate surface area is 688 Å². The summed E-state index contributed by atoms with van der Waals surface area (Å²) in [6.45, 7) is 19.9. The van der Waals surface area contributed by atoms with Gasteiger partial charge in [-0.05, 0) is 0 Å².